The first-order valence-electron chi connectivity index (χ1n) is 9.48. The number of anilines is 1. The van der Waals surface area contributed by atoms with E-state index in [0.717, 1.165) is 6.07 Å². The zero-order valence-corrected chi connectivity index (χ0v) is 19.4. The second-order valence-corrected chi connectivity index (χ2v) is 7.91. The van der Waals surface area contributed by atoms with Crippen molar-refractivity contribution in [1.82, 2.24) is 5.43 Å². The first kappa shape index (κ1) is 25.0. The van der Waals surface area contributed by atoms with Crippen molar-refractivity contribution in [2.75, 3.05) is 11.9 Å². The van der Waals surface area contributed by atoms with Gasteiger partial charge in [0.05, 0.1) is 21.2 Å². The second-order valence-electron chi connectivity index (χ2n) is 6.66. The number of nitrogens with zero attached hydrogens (tertiary/aromatic N) is 2. The molecule has 0 unspecified atom stereocenters. The predicted octanol–water partition coefficient (Wildman–Crippen LogP) is 5.34. The van der Waals surface area contributed by atoms with E-state index in [1.54, 1.807) is 24.3 Å². The van der Waals surface area contributed by atoms with Crippen molar-refractivity contribution in [3.05, 3.63) is 97.0 Å². The van der Waals surface area contributed by atoms with E-state index in [1.165, 1.54) is 36.5 Å². The van der Waals surface area contributed by atoms with Crippen LogP contribution in [0.3, 0.4) is 0 Å². The molecule has 3 aromatic carbocycles. The molecule has 0 aliphatic rings. The number of hydrazone groups is 1. The standard InChI is InChI=1S/C22H15Cl3N4O5/c23-15-4-6-16(7-5-15)27-20(30)12-34-21-18(24)8-13(9-19(21)25)11-26-28-22(31)14-2-1-3-17(10-14)29(32)33/h1-11H,12H2,(H,27,30)(H,28,31)/b26-11+. The molecule has 2 N–H and O–H groups in total. The third kappa shape index (κ3) is 6.92. The van der Waals surface area contributed by atoms with Crippen LogP contribution >= 0.6 is 34.8 Å². The first-order chi connectivity index (χ1) is 16.2. The summed E-state index contributed by atoms with van der Waals surface area (Å²) in [7, 11) is 0. The van der Waals surface area contributed by atoms with Crippen LogP contribution in [0.4, 0.5) is 11.4 Å². The number of carbonyl (C=O) groups is 2. The molecule has 0 aliphatic heterocycles. The van der Waals surface area contributed by atoms with Crippen LogP contribution in [-0.2, 0) is 4.79 Å². The highest BCUT2D eigenvalue weighted by Gasteiger charge is 2.13. The first-order valence-corrected chi connectivity index (χ1v) is 10.6. The van der Waals surface area contributed by atoms with Gasteiger partial charge in [-0.2, -0.15) is 5.10 Å². The van der Waals surface area contributed by atoms with E-state index in [1.807, 2.05) is 0 Å². The van der Waals surface area contributed by atoms with Crippen molar-refractivity contribution in [3.8, 4) is 5.75 Å². The van der Waals surface area contributed by atoms with Gasteiger partial charge >= 0.3 is 0 Å². The Labute approximate surface area is 208 Å². The zero-order valence-electron chi connectivity index (χ0n) is 17.1. The molecule has 2 amide bonds. The molecule has 3 aromatic rings. The van der Waals surface area contributed by atoms with Crippen LogP contribution in [-0.4, -0.2) is 29.6 Å². The molecule has 0 aromatic heterocycles. The quantitative estimate of drug-likeness (QED) is 0.235. The predicted molar refractivity (Wildman–Crippen MR) is 130 cm³/mol. The fraction of sp³-hybridized carbons (Fsp3) is 0.0455. The third-order valence-electron chi connectivity index (χ3n) is 4.20. The number of benzene rings is 3. The number of nitro groups is 1. The van der Waals surface area contributed by atoms with Gasteiger partial charge < -0.3 is 10.1 Å². The van der Waals surface area contributed by atoms with Gasteiger partial charge in [-0.05, 0) is 48.0 Å². The van der Waals surface area contributed by atoms with E-state index in [-0.39, 0.29) is 33.7 Å². The maximum Gasteiger partial charge on any atom is 0.271 e. The van der Waals surface area contributed by atoms with Crippen molar-refractivity contribution in [2.24, 2.45) is 5.10 Å². The molecule has 3 rings (SSSR count). The number of non-ortho nitro benzene ring substituents is 1. The number of halogens is 3. The second kappa shape index (κ2) is 11.5. The molecule has 0 bridgehead atoms. The lowest BCUT2D eigenvalue weighted by Crippen LogP contribution is -2.20. The third-order valence-corrected chi connectivity index (χ3v) is 5.01. The van der Waals surface area contributed by atoms with Crippen molar-refractivity contribution >= 4 is 64.2 Å². The molecule has 12 heteroatoms. The molecular formula is C22H15Cl3N4O5. The summed E-state index contributed by atoms with van der Waals surface area (Å²) in [5.41, 5.74) is 3.11. The highest BCUT2D eigenvalue weighted by atomic mass is 35.5. The maximum atomic E-state index is 12.1. The smallest absolute Gasteiger partial charge is 0.271 e. The molecule has 9 nitrogen and oxygen atoms in total. The highest BCUT2D eigenvalue weighted by molar-refractivity contribution is 6.37. The summed E-state index contributed by atoms with van der Waals surface area (Å²) in [6.45, 7) is -0.339. The Hall–Kier alpha value is -3.66. The van der Waals surface area contributed by atoms with Crippen LogP contribution in [0.15, 0.2) is 65.8 Å². The van der Waals surface area contributed by atoms with Crippen LogP contribution in [0.25, 0.3) is 0 Å². The van der Waals surface area contributed by atoms with Crippen LogP contribution < -0.4 is 15.5 Å². The number of rotatable bonds is 8. The molecule has 0 heterocycles. The van der Waals surface area contributed by atoms with E-state index in [4.69, 9.17) is 39.5 Å². The van der Waals surface area contributed by atoms with Gasteiger partial charge in [0, 0.05) is 28.4 Å². The number of amides is 2. The summed E-state index contributed by atoms with van der Waals surface area (Å²) in [5.74, 6) is -0.958. The lowest BCUT2D eigenvalue weighted by atomic mass is 10.2. The van der Waals surface area contributed by atoms with Crippen molar-refractivity contribution in [1.29, 1.82) is 0 Å². The highest BCUT2D eigenvalue weighted by Crippen LogP contribution is 2.33. The van der Waals surface area contributed by atoms with Gasteiger partial charge in [0.1, 0.15) is 0 Å². The zero-order chi connectivity index (χ0) is 24.7. The fourth-order valence-corrected chi connectivity index (χ4v) is 3.39. The monoisotopic (exact) mass is 520 g/mol. The number of nitrogens with one attached hydrogen (secondary N) is 2. The summed E-state index contributed by atoms with van der Waals surface area (Å²) in [6.07, 6.45) is 1.28. The molecule has 0 saturated carbocycles. The van der Waals surface area contributed by atoms with Crippen molar-refractivity contribution in [3.63, 3.8) is 0 Å². The Morgan fingerprint density at radius 2 is 1.71 bits per heavy atom. The molecule has 34 heavy (non-hydrogen) atoms. The van der Waals surface area contributed by atoms with E-state index in [0.29, 0.717) is 16.3 Å². The average Bonchev–Trinajstić information content (AvgIpc) is 2.80. The van der Waals surface area contributed by atoms with E-state index in [2.05, 4.69) is 15.8 Å². The van der Waals surface area contributed by atoms with Crippen LogP contribution in [0.5, 0.6) is 5.75 Å². The average molecular weight is 522 g/mol. The minimum Gasteiger partial charge on any atom is -0.481 e. The summed E-state index contributed by atoms with van der Waals surface area (Å²) in [4.78, 5) is 34.4. The number of carbonyl (C=O) groups excluding carboxylic acids is 2. The van der Waals surface area contributed by atoms with Crippen LogP contribution in [0.1, 0.15) is 15.9 Å². The van der Waals surface area contributed by atoms with Gasteiger partial charge in [0.2, 0.25) is 0 Å². The van der Waals surface area contributed by atoms with E-state index in [9.17, 15) is 19.7 Å². The molecule has 0 aliphatic carbocycles. The van der Waals surface area contributed by atoms with E-state index < -0.39 is 16.7 Å². The summed E-state index contributed by atoms with van der Waals surface area (Å²) >= 11 is 18.2. The Kier molecular flexibility index (Phi) is 8.42. The number of hydrogen-bond acceptors (Lipinski definition) is 6. The van der Waals surface area contributed by atoms with Crippen LogP contribution in [0, 0.1) is 10.1 Å². The molecule has 0 saturated heterocycles. The fourth-order valence-electron chi connectivity index (χ4n) is 2.65. The van der Waals surface area contributed by atoms with Gasteiger partial charge in [-0.15, -0.1) is 0 Å². The van der Waals surface area contributed by atoms with Gasteiger partial charge in [0.25, 0.3) is 17.5 Å². The minimum atomic E-state index is -0.635. The molecule has 0 fully saturated rings. The van der Waals surface area contributed by atoms with E-state index >= 15 is 0 Å². The molecule has 0 spiro atoms. The number of ether oxygens (including phenoxy) is 1. The summed E-state index contributed by atoms with van der Waals surface area (Å²) in [5, 5.41) is 18.1. The van der Waals surface area contributed by atoms with Crippen LogP contribution in [0.2, 0.25) is 15.1 Å². The minimum absolute atomic E-state index is 0.0723. The van der Waals surface area contributed by atoms with Gasteiger partial charge in [-0.3, -0.25) is 19.7 Å². The lowest BCUT2D eigenvalue weighted by Gasteiger charge is -2.11. The molecule has 174 valence electrons. The number of nitro benzene ring substituents is 1. The number of hydrogen-bond donors (Lipinski definition) is 2. The molecule has 0 atom stereocenters. The molecular weight excluding hydrogens is 507 g/mol. The largest absolute Gasteiger partial charge is 0.481 e. The van der Waals surface area contributed by atoms with Crippen molar-refractivity contribution in [2.45, 2.75) is 0 Å². The van der Waals surface area contributed by atoms with Gasteiger partial charge in [-0.1, -0.05) is 40.9 Å². The van der Waals surface area contributed by atoms with Crippen molar-refractivity contribution < 1.29 is 19.2 Å². The Bertz CT molecular complexity index is 1240. The normalized spacial score (nSPS) is 10.7. The SMILES string of the molecule is O=C(COc1c(Cl)cc(/C=N/NC(=O)c2cccc([N+](=O)[O-])c2)cc1Cl)Nc1ccc(Cl)cc1. The summed E-state index contributed by atoms with van der Waals surface area (Å²) in [6, 6.07) is 14.7. The Balaban J connectivity index is 1.59. The topological polar surface area (TPSA) is 123 Å². The lowest BCUT2D eigenvalue weighted by molar-refractivity contribution is -0.384. The van der Waals surface area contributed by atoms with Gasteiger partial charge in [0.15, 0.2) is 12.4 Å². The Morgan fingerprint density at radius 3 is 2.35 bits per heavy atom. The Morgan fingerprint density at radius 1 is 1.03 bits per heavy atom. The summed E-state index contributed by atoms with van der Waals surface area (Å²) < 4.78 is 5.44. The molecule has 0 radical (unpaired) electrons. The maximum absolute atomic E-state index is 12.1. The van der Waals surface area contributed by atoms with Gasteiger partial charge in [-0.25, -0.2) is 5.43 Å².